The molecule has 0 aliphatic heterocycles. The van der Waals surface area contributed by atoms with E-state index >= 15 is 0 Å². The van der Waals surface area contributed by atoms with Gasteiger partial charge in [-0.3, -0.25) is 4.79 Å². The van der Waals surface area contributed by atoms with Gasteiger partial charge in [0.1, 0.15) is 11.9 Å². The summed E-state index contributed by atoms with van der Waals surface area (Å²) in [4.78, 5) is 13.7. The minimum atomic E-state index is -0.593. The molecule has 0 fully saturated rings. The Hall–Kier alpha value is -2.19. The third kappa shape index (κ3) is 2.98. The van der Waals surface area contributed by atoms with Crippen molar-refractivity contribution >= 4 is 22.9 Å². The number of aryl methyl sites for hydroxylation is 1. The van der Waals surface area contributed by atoms with Crippen molar-refractivity contribution < 1.29 is 9.18 Å². The molecule has 0 saturated heterocycles. The van der Waals surface area contributed by atoms with E-state index in [4.69, 9.17) is 5.26 Å². The van der Waals surface area contributed by atoms with Crippen LogP contribution in [-0.4, -0.2) is 5.91 Å². The van der Waals surface area contributed by atoms with Crippen molar-refractivity contribution in [3.05, 3.63) is 51.5 Å². The summed E-state index contributed by atoms with van der Waals surface area (Å²) in [5.41, 5.74) is 0.327. The highest BCUT2D eigenvalue weighted by atomic mass is 32.1. The molecule has 0 unspecified atom stereocenters. The molecular formula is C14H11FN2OS. The van der Waals surface area contributed by atoms with Crippen LogP contribution >= 0.6 is 11.3 Å². The van der Waals surface area contributed by atoms with Crippen LogP contribution in [0, 0.1) is 17.1 Å². The molecule has 1 N–H and O–H groups in total. The van der Waals surface area contributed by atoms with Gasteiger partial charge < -0.3 is 5.32 Å². The van der Waals surface area contributed by atoms with Crippen LogP contribution in [0.4, 0.5) is 10.1 Å². The normalized spacial score (nSPS) is 9.95. The van der Waals surface area contributed by atoms with Crippen molar-refractivity contribution in [2.45, 2.75) is 13.3 Å². The second kappa shape index (κ2) is 5.63. The minimum absolute atomic E-state index is 0.0850. The highest BCUT2D eigenvalue weighted by Gasteiger charge is 2.10. The Labute approximate surface area is 114 Å². The van der Waals surface area contributed by atoms with Crippen molar-refractivity contribution in [1.82, 2.24) is 0 Å². The van der Waals surface area contributed by atoms with Gasteiger partial charge in [0.05, 0.1) is 10.4 Å². The molecular weight excluding hydrogens is 263 g/mol. The first-order valence-electron chi connectivity index (χ1n) is 5.73. The number of carbonyl (C=O) groups excluding carboxylic acids is 1. The van der Waals surface area contributed by atoms with Gasteiger partial charge >= 0.3 is 0 Å². The van der Waals surface area contributed by atoms with E-state index in [9.17, 15) is 9.18 Å². The first kappa shape index (κ1) is 13.2. The van der Waals surface area contributed by atoms with Crippen molar-refractivity contribution in [2.24, 2.45) is 0 Å². The summed E-state index contributed by atoms with van der Waals surface area (Å²) >= 11 is 1.42. The second-order valence-corrected chi connectivity index (χ2v) is 5.05. The molecule has 96 valence electrons. The summed E-state index contributed by atoms with van der Waals surface area (Å²) in [5.74, 6) is -0.843. The quantitative estimate of drug-likeness (QED) is 0.930. The van der Waals surface area contributed by atoms with E-state index in [-0.39, 0.29) is 11.5 Å². The highest BCUT2D eigenvalue weighted by Crippen LogP contribution is 2.19. The molecule has 19 heavy (non-hydrogen) atoms. The summed E-state index contributed by atoms with van der Waals surface area (Å²) in [6, 6.07) is 9.32. The van der Waals surface area contributed by atoms with Gasteiger partial charge in [-0.2, -0.15) is 5.26 Å². The average molecular weight is 274 g/mol. The standard InChI is InChI=1S/C14H11FN2OS/c1-2-11-4-6-13(19-11)14(18)17-10-3-5-12(15)9(7-10)8-16/h3-7H,2H2,1H3,(H,17,18). The Morgan fingerprint density at radius 1 is 1.42 bits per heavy atom. The van der Waals surface area contributed by atoms with Crippen molar-refractivity contribution in [3.63, 3.8) is 0 Å². The lowest BCUT2D eigenvalue weighted by molar-refractivity contribution is 0.103. The molecule has 0 atom stereocenters. The van der Waals surface area contributed by atoms with E-state index in [1.165, 1.54) is 29.5 Å². The van der Waals surface area contributed by atoms with Crippen molar-refractivity contribution in [2.75, 3.05) is 5.32 Å². The van der Waals surface area contributed by atoms with Gasteiger partial charge in [0.15, 0.2) is 0 Å². The molecule has 0 spiro atoms. The molecule has 0 bridgehead atoms. The third-order valence-electron chi connectivity index (χ3n) is 2.58. The van der Waals surface area contributed by atoms with Gasteiger partial charge in [-0.25, -0.2) is 4.39 Å². The molecule has 1 heterocycles. The van der Waals surface area contributed by atoms with E-state index in [0.717, 1.165) is 11.3 Å². The number of halogens is 1. The van der Waals surface area contributed by atoms with Crippen LogP contribution in [0.25, 0.3) is 0 Å². The number of amides is 1. The van der Waals surface area contributed by atoms with Crippen LogP contribution in [0.1, 0.15) is 27.0 Å². The van der Waals surface area contributed by atoms with E-state index in [2.05, 4.69) is 5.32 Å². The van der Waals surface area contributed by atoms with Crippen LogP contribution < -0.4 is 5.32 Å². The maximum atomic E-state index is 13.1. The molecule has 5 heteroatoms. The third-order valence-corrected chi connectivity index (χ3v) is 3.81. The smallest absolute Gasteiger partial charge is 0.265 e. The molecule has 1 amide bonds. The van der Waals surface area contributed by atoms with Gasteiger partial charge in [0.25, 0.3) is 5.91 Å². The zero-order chi connectivity index (χ0) is 13.8. The predicted octanol–water partition coefficient (Wildman–Crippen LogP) is 3.57. The summed E-state index contributed by atoms with van der Waals surface area (Å²) in [5, 5.41) is 11.4. The fourth-order valence-electron chi connectivity index (χ4n) is 1.57. The Kier molecular flexibility index (Phi) is 3.93. The zero-order valence-electron chi connectivity index (χ0n) is 10.2. The van der Waals surface area contributed by atoms with Crippen LogP contribution in [0.2, 0.25) is 0 Å². The van der Waals surface area contributed by atoms with Crippen LogP contribution in [0.15, 0.2) is 30.3 Å². The van der Waals surface area contributed by atoms with Gasteiger partial charge in [0, 0.05) is 10.6 Å². The Morgan fingerprint density at radius 3 is 2.84 bits per heavy atom. The van der Waals surface area contributed by atoms with E-state index in [1.807, 2.05) is 13.0 Å². The lowest BCUT2D eigenvalue weighted by Gasteiger charge is -2.04. The number of anilines is 1. The molecule has 3 nitrogen and oxygen atoms in total. The molecule has 0 aliphatic rings. The van der Waals surface area contributed by atoms with Gasteiger partial charge in [-0.15, -0.1) is 11.3 Å². The Bertz CT molecular complexity index is 658. The number of benzene rings is 1. The van der Waals surface area contributed by atoms with Crippen LogP contribution in [0.5, 0.6) is 0 Å². The first-order valence-corrected chi connectivity index (χ1v) is 6.55. The van der Waals surface area contributed by atoms with Gasteiger partial charge in [-0.1, -0.05) is 6.92 Å². The zero-order valence-corrected chi connectivity index (χ0v) is 11.1. The summed E-state index contributed by atoms with van der Waals surface area (Å²) < 4.78 is 13.1. The lowest BCUT2D eigenvalue weighted by atomic mass is 10.2. The molecule has 0 aliphatic carbocycles. The number of rotatable bonds is 3. The van der Waals surface area contributed by atoms with Gasteiger partial charge in [-0.05, 0) is 36.8 Å². The minimum Gasteiger partial charge on any atom is -0.321 e. The molecule has 2 aromatic rings. The Morgan fingerprint density at radius 2 is 2.21 bits per heavy atom. The number of nitriles is 1. The maximum absolute atomic E-state index is 13.1. The SMILES string of the molecule is CCc1ccc(C(=O)Nc2ccc(F)c(C#N)c2)s1. The van der Waals surface area contributed by atoms with Crippen molar-refractivity contribution in [1.29, 1.82) is 5.26 Å². The molecule has 0 radical (unpaired) electrons. The molecule has 2 rings (SSSR count). The Balaban J connectivity index is 2.17. The number of thiophene rings is 1. The largest absolute Gasteiger partial charge is 0.321 e. The maximum Gasteiger partial charge on any atom is 0.265 e. The van der Waals surface area contributed by atoms with Crippen molar-refractivity contribution in [3.8, 4) is 6.07 Å². The molecule has 1 aromatic heterocycles. The van der Waals surface area contributed by atoms with Crippen LogP contribution in [-0.2, 0) is 6.42 Å². The monoisotopic (exact) mass is 274 g/mol. The lowest BCUT2D eigenvalue weighted by Crippen LogP contribution is -2.10. The number of carbonyl (C=O) groups is 1. The number of nitrogens with zero attached hydrogens (tertiary/aromatic N) is 1. The van der Waals surface area contributed by atoms with Crippen LogP contribution in [0.3, 0.4) is 0 Å². The first-order chi connectivity index (χ1) is 9.13. The number of hydrogen-bond donors (Lipinski definition) is 1. The fourth-order valence-corrected chi connectivity index (χ4v) is 2.41. The number of hydrogen-bond acceptors (Lipinski definition) is 3. The fraction of sp³-hybridized carbons (Fsp3) is 0.143. The predicted molar refractivity (Wildman–Crippen MR) is 72.8 cm³/mol. The topological polar surface area (TPSA) is 52.9 Å². The van der Waals surface area contributed by atoms with E-state index in [1.54, 1.807) is 12.1 Å². The highest BCUT2D eigenvalue weighted by molar-refractivity contribution is 7.14. The second-order valence-electron chi connectivity index (χ2n) is 3.88. The van der Waals surface area contributed by atoms with E-state index < -0.39 is 5.82 Å². The van der Waals surface area contributed by atoms with E-state index in [0.29, 0.717) is 10.6 Å². The number of nitrogens with one attached hydrogen (secondary N) is 1. The summed E-state index contributed by atoms with van der Waals surface area (Å²) in [7, 11) is 0. The average Bonchev–Trinajstić information content (AvgIpc) is 2.90. The molecule has 0 saturated carbocycles. The molecule has 1 aromatic carbocycles. The summed E-state index contributed by atoms with van der Waals surface area (Å²) in [6.45, 7) is 2.02. The van der Waals surface area contributed by atoms with Gasteiger partial charge in [0.2, 0.25) is 0 Å². The summed E-state index contributed by atoms with van der Waals surface area (Å²) in [6.07, 6.45) is 0.882.